The lowest BCUT2D eigenvalue weighted by Gasteiger charge is -2.11. The Balaban J connectivity index is 3.10. The van der Waals surface area contributed by atoms with Gasteiger partial charge in [-0.05, 0) is 19.4 Å². The Morgan fingerprint density at radius 2 is 0.828 bits per heavy atom. The van der Waals surface area contributed by atoms with E-state index in [0.29, 0.717) is 0 Å². The number of unbranched alkanes of at least 4 members (excludes halogenated alkanes) is 19. The lowest BCUT2D eigenvalue weighted by Crippen LogP contribution is -2.27. The molecule has 1 unspecified atom stereocenters. The maximum atomic E-state index is 10.0. The predicted octanol–water partition coefficient (Wildman–Crippen LogP) is 8.56. The van der Waals surface area contributed by atoms with Crippen molar-refractivity contribution in [2.24, 2.45) is 0 Å². The molecular formula is C27H57NO. The van der Waals surface area contributed by atoms with Gasteiger partial charge in [0.05, 0.1) is 6.10 Å². The van der Waals surface area contributed by atoms with Crippen molar-refractivity contribution >= 4 is 0 Å². The molecule has 0 aliphatic heterocycles. The van der Waals surface area contributed by atoms with Crippen LogP contribution < -0.4 is 5.32 Å². The molecule has 0 fully saturated rings. The fourth-order valence-corrected chi connectivity index (χ4v) is 4.15. The molecule has 29 heavy (non-hydrogen) atoms. The van der Waals surface area contributed by atoms with E-state index in [2.05, 4.69) is 19.2 Å². The second-order valence-electron chi connectivity index (χ2n) is 9.36. The summed E-state index contributed by atoms with van der Waals surface area (Å²) in [6.07, 6.45) is 29.9. The highest BCUT2D eigenvalue weighted by Gasteiger charge is 2.03. The van der Waals surface area contributed by atoms with E-state index in [1.807, 2.05) is 0 Å². The van der Waals surface area contributed by atoms with Gasteiger partial charge in [0.25, 0.3) is 0 Å². The van der Waals surface area contributed by atoms with Gasteiger partial charge in [-0.1, -0.05) is 142 Å². The van der Waals surface area contributed by atoms with Crippen LogP contribution in [-0.2, 0) is 0 Å². The number of rotatable bonds is 25. The van der Waals surface area contributed by atoms with Gasteiger partial charge in [0.1, 0.15) is 0 Å². The molecule has 176 valence electrons. The Morgan fingerprint density at radius 1 is 0.483 bits per heavy atom. The number of nitrogens with one attached hydrogen (secondary N) is 1. The zero-order valence-corrected chi connectivity index (χ0v) is 20.5. The van der Waals surface area contributed by atoms with Gasteiger partial charge < -0.3 is 10.4 Å². The quantitative estimate of drug-likeness (QED) is 0.147. The fraction of sp³-hybridized carbons (Fsp3) is 1.00. The summed E-state index contributed by atoms with van der Waals surface area (Å²) in [4.78, 5) is 0. The van der Waals surface area contributed by atoms with E-state index < -0.39 is 0 Å². The van der Waals surface area contributed by atoms with Crippen LogP contribution in [0.4, 0.5) is 0 Å². The van der Waals surface area contributed by atoms with E-state index in [9.17, 15) is 5.11 Å². The molecular weight excluding hydrogens is 354 g/mol. The molecule has 0 radical (unpaired) electrons. The van der Waals surface area contributed by atoms with E-state index in [0.717, 1.165) is 19.5 Å². The smallest absolute Gasteiger partial charge is 0.0664 e. The molecule has 2 nitrogen and oxygen atoms in total. The zero-order valence-electron chi connectivity index (χ0n) is 20.5. The van der Waals surface area contributed by atoms with Crippen molar-refractivity contribution in [1.29, 1.82) is 0 Å². The second kappa shape index (κ2) is 26.0. The van der Waals surface area contributed by atoms with Gasteiger partial charge in [0.2, 0.25) is 0 Å². The number of aliphatic hydroxyl groups is 1. The molecule has 0 amide bonds. The van der Waals surface area contributed by atoms with Crippen LogP contribution in [0.25, 0.3) is 0 Å². The summed E-state index contributed by atoms with van der Waals surface area (Å²) >= 11 is 0. The Bertz CT molecular complexity index is 282. The first-order valence-corrected chi connectivity index (χ1v) is 13.7. The Hall–Kier alpha value is -0.0800. The van der Waals surface area contributed by atoms with E-state index >= 15 is 0 Å². The first-order valence-electron chi connectivity index (χ1n) is 13.7. The Labute approximate surface area is 185 Å². The third kappa shape index (κ3) is 25.9. The van der Waals surface area contributed by atoms with Gasteiger partial charge in [0, 0.05) is 6.54 Å². The van der Waals surface area contributed by atoms with Crippen LogP contribution in [0.2, 0.25) is 0 Å². The van der Waals surface area contributed by atoms with Crippen LogP contribution >= 0.6 is 0 Å². The van der Waals surface area contributed by atoms with E-state index in [4.69, 9.17) is 0 Å². The van der Waals surface area contributed by atoms with Crippen molar-refractivity contribution < 1.29 is 5.11 Å². The normalized spacial score (nSPS) is 12.5. The molecule has 0 spiro atoms. The van der Waals surface area contributed by atoms with Crippen molar-refractivity contribution in [3.05, 3.63) is 0 Å². The summed E-state index contributed by atoms with van der Waals surface area (Å²) in [5.74, 6) is 0. The van der Waals surface area contributed by atoms with Gasteiger partial charge >= 0.3 is 0 Å². The van der Waals surface area contributed by atoms with Gasteiger partial charge in [-0.25, -0.2) is 0 Å². The molecule has 0 aliphatic carbocycles. The van der Waals surface area contributed by atoms with Crippen LogP contribution in [0.5, 0.6) is 0 Å². The predicted molar refractivity (Wildman–Crippen MR) is 132 cm³/mol. The lowest BCUT2D eigenvalue weighted by atomic mass is 10.0. The number of aliphatic hydroxyl groups excluding tert-OH is 1. The molecule has 2 N–H and O–H groups in total. The van der Waals surface area contributed by atoms with Crippen molar-refractivity contribution in [3.63, 3.8) is 0 Å². The molecule has 0 aromatic heterocycles. The molecule has 0 rings (SSSR count). The minimum Gasteiger partial charge on any atom is -0.392 e. The van der Waals surface area contributed by atoms with Crippen molar-refractivity contribution in [2.45, 2.75) is 161 Å². The summed E-state index contributed by atoms with van der Waals surface area (Å²) in [6.45, 7) is 6.42. The SMILES string of the molecule is CCCCCCCCCCCCCCCCNCC(O)CCCCCCCCC. The average Bonchev–Trinajstić information content (AvgIpc) is 2.72. The summed E-state index contributed by atoms with van der Waals surface area (Å²) in [6, 6.07) is 0. The van der Waals surface area contributed by atoms with Crippen LogP contribution in [0.1, 0.15) is 155 Å². The van der Waals surface area contributed by atoms with Gasteiger partial charge in [-0.2, -0.15) is 0 Å². The highest BCUT2D eigenvalue weighted by Crippen LogP contribution is 2.13. The third-order valence-corrected chi connectivity index (χ3v) is 6.23. The van der Waals surface area contributed by atoms with E-state index in [-0.39, 0.29) is 6.10 Å². The topological polar surface area (TPSA) is 32.3 Å². The molecule has 0 bridgehead atoms. The van der Waals surface area contributed by atoms with Crippen molar-refractivity contribution in [3.8, 4) is 0 Å². The van der Waals surface area contributed by atoms with E-state index in [1.54, 1.807) is 0 Å². The molecule has 0 heterocycles. The number of hydrogen-bond acceptors (Lipinski definition) is 2. The van der Waals surface area contributed by atoms with Crippen LogP contribution in [0.15, 0.2) is 0 Å². The Kier molecular flexibility index (Phi) is 25.9. The molecule has 0 saturated heterocycles. The fourth-order valence-electron chi connectivity index (χ4n) is 4.15. The van der Waals surface area contributed by atoms with Crippen LogP contribution in [0, 0.1) is 0 Å². The monoisotopic (exact) mass is 411 g/mol. The molecule has 2 heteroatoms. The van der Waals surface area contributed by atoms with Gasteiger partial charge in [0.15, 0.2) is 0 Å². The second-order valence-corrected chi connectivity index (χ2v) is 9.36. The largest absolute Gasteiger partial charge is 0.392 e. The van der Waals surface area contributed by atoms with Gasteiger partial charge in [-0.3, -0.25) is 0 Å². The molecule has 0 aromatic rings. The van der Waals surface area contributed by atoms with Crippen molar-refractivity contribution in [2.75, 3.05) is 13.1 Å². The number of hydrogen-bond donors (Lipinski definition) is 2. The maximum absolute atomic E-state index is 10.0. The lowest BCUT2D eigenvalue weighted by molar-refractivity contribution is 0.158. The summed E-state index contributed by atoms with van der Waals surface area (Å²) in [5.41, 5.74) is 0. The van der Waals surface area contributed by atoms with Gasteiger partial charge in [-0.15, -0.1) is 0 Å². The molecule has 0 saturated carbocycles. The molecule has 1 atom stereocenters. The third-order valence-electron chi connectivity index (χ3n) is 6.23. The van der Waals surface area contributed by atoms with Crippen LogP contribution in [-0.4, -0.2) is 24.3 Å². The first-order chi connectivity index (χ1) is 14.3. The maximum Gasteiger partial charge on any atom is 0.0664 e. The summed E-state index contributed by atoms with van der Waals surface area (Å²) in [5, 5.41) is 13.5. The Morgan fingerprint density at radius 3 is 1.24 bits per heavy atom. The highest BCUT2D eigenvalue weighted by atomic mass is 16.3. The zero-order chi connectivity index (χ0) is 21.3. The minimum atomic E-state index is -0.141. The standard InChI is InChI=1S/C27H57NO/c1-3-5-7-9-11-12-13-14-15-16-17-19-21-23-25-28-26-27(29)24-22-20-18-10-8-6-4-2/h27-29H,3-26H2,1-2H3. The highest BCUT2D eigenvalue weighted by molar-refractivity contribution is 4.60. The summed E-state index contributed by atoms with van der Waals surface area (Å²) < 4.78 is 0. The first kappa shape index (κ1) is 28.9. The van der Waals surface area contributed by atoms with Crippen LogP contribution in [0.3, 0.4) is 0 Å². The summed E-state index contributed by atoms with van der Waals surface area (Å²) in [7, 11) is 0. The van der Waals surface area contributed by atoms with Crippen molar-refractivity contribution in [1.82, 2.24) is 5.32 Å². The minimum absolute atomic E-state index is 0.141. The van der Waals surface area contributed by atoms with E-state index in [1.165, 1.54) is 135 Å². The average molecular weight is 412 g/mol. The molecule has 0 aliphatic rings. The molecule has 0 aromatic carbocycles.